The molecular weight excluding hydrogens is 781 g/mol. The molecule has 0 amide bonds. The third kappa shape index (κ3) is 11.1. The van der Waals surface area contributed by atoms with E-state index in [2.05, 4.69) is 46.2 Å². The van der Waals surface area contributed by atoms with Gasteiger partial charge in [0, 0.05) is 43.1 Å². The van der Waals surface area contributed by atoms with Crippen molar-refractivity contribution in [2.24, 2.45) is 14.1 Å². The van der Waals surface area contributed by atoms with Crippen molar-refractivity contribution < 1.29 is 36.4 Å². The lowest BCUT2D eigenvalue weighted by Gasteiger charge is -2.09. The summed E-state index contributed by atoms with van der Waals surface area (Å²) in [6, 6.07) is 25.2. The molecule has 0 saturated heterocycles. The highest BCUT2D eigenvalue weighted by molar-refractivity contribution is 6.58. The number of hydrogen-bond donors (Lipinski definition) is 3. The molecule has 0 aliphatic rings. The summed E-state index contributed by atoms with van der Waals surface area (Å²) in [6.07, 6.45) is -1.38. The molecular formula is C38H33BF6N12O2. The average Bonchev–Trinajstić information content (AvgIpc) is 4.05. The number of alkyl halides is 6. The van der Waals surface area contributed by atoms with E-state index in [4.69, 9.17) is 10.0 Å². The highest BCUT2D eigenvalue weighted by atomic mass is 19.4. The minimum atomic E-state index is -4.34. The third-order valence-corrected chi connectivity index (χ3v) is 8.57. The van der Waals surface area contributed by atoms with Gasteiger partial charge >= 0.3 is 19.5 Å². The lowest BCUT2D eigenvalue weighted by atomic mass is 9.83. The molecule has 14 nitrogen and oxygen atoms in total. The van der Waals surface area contributed by atoms with Crippen LogP contribution in [0.2, 0.25) is 0 Å². The Labute approximate surface area is 331 Å². The van der Waals surface area contributed by atoms with Crippen LogP contribution in [0.4, 0.5) is 26.3 Å². The van der Waals surface area contributed by atoms with Gasteiger partial charge in [0.05, 0.1) is 23.5 Å². The van der Waals surface area contributed by atoms with Crippen molar-refractivity contribution in [2.75, 3.05) is 0 Å². The number of halogens is 6. The molecule has 21 heteroatoms. The number of aromatic nitrogens is 12. The van der Waals surface area contributed by atoms with Gasteiger partial charge in [0.25, 0.3) is 0 Å². The van der Waals surface area contributed by atoms with Gasteiger partial charge in [-0.15, -0.1) is 25.2 Å². The van der Waals surface area contributed by atoms with E-state index < -0.39 is 30.6 Å². The summed E-state index contributed by atoms with van der Waals surface area (Å²) in [7, 11) is 2.10. The van der Waals surface area contributed by atoms with Gasteiger partial charge in [-0.05, 0) is 69.8 Å². The number of H-pyrrole nitrogens is 1. The average molecular weight is 815 g/mol. The molecule has 0 aliphatic carbocycles. The van der Waals surface area contributed by atoms with Crippen molar-refractivity contribution in [3.63, 3.8) is 0 Å². The van der Waals surface area contributed by atoms with E-state index >= 15 is 0 Å². The molecule has 0 atom stereocenters. The quantitative estimate of drug-likeness (QED) is 0.136. The van der Waals surface area contributed by atoms with Gasteiger partial charge in [-0.1, -0.05) is 72.8 Å². The molecule has 4 heterocycles. The number of benzene rings is 4. The summed E-state index contributed by atoms with van der Waals surface area (Å²) in [5.74, 6) is 0.897. The second kappa shape index (κ2) is 18.1. The number of hydrogen-bond acceptors (Lipinski definition) is 10. The summed E-state index contributed by atoms with van der Waals surface area (Å²) < 4.78 is 79.1. The lowest BCUT2D eigenvalue weighted by Crippen LogP contribution is -2.28. The zero-order valence-corrected chi connectivity index (χ0v) is 31.1. The van der Waals surface area contributed by atoms with Crippen molar-refractivity contribution in [1.29, 1.82) is 0 Å². The molecule has 0 fully saturated rings. The molecule has 0 spiro atoms. The van der Waals surface area contributed by atoms with E-state index in [9.17, 15) is 26.3 Å². The van der Waals surface area contributed by atoms with Crippen LogP contribution in [0.5, 0.6) is 0 Å². The molecule has 59 heavy (non-hydrogen) atoms. The van der Waals surface area contributed by atoms with Crippen LogP contribution in [0, 0.1) is 0 Å². The van der Waals surface area contributed by atoms with E-state index in [1.165, 1.54) is 39.9 Å². The van der Waals surface area contributed by atoms with E-state index in [0.29, 0.717) is 35.6 Å². The van der Waals surface area contributed by atoms with Crippen molar-refractivity contribution in [2.45, 2.75) is 25.2 Å². The fraction of sp³-hybridized carbons (Fsp3) is 0.158. The van der Waals surface area contributed by atoms with Gasteiger partial charge in [-0.2, -0.15) is 41.8 Å². The molecule has 3 N–H and O–H groups in total. The van der Waals surface area contributed by atoms with Gasteiger partial charge in [0.15, 0.2) is 0 Å². The number of nitrogens with zero attached hydrogens (tertiary/aromatic N) is 11. The van der Waals surface area contributed by atoms with Crippen molar-refractivity contribution in [3.05, 3.63) is 155 Å². The molecule has 8 aromatic rings. The van der Waals surface area contributed by atoms with Crippen LogP contribution in [-0.2, 0) is 39.3 Å². The zero-order valence-electron chi connectivity index (χ0n) is 31.1. The van der Waals surface area contributed by atoms with Gasteiger partial charge in [-0.25, -0.2) is 0 Å². The van der Waals surface area contributed by atoms with Crippen LogP contribution < -0.4 is 5.46 Å². The minimum absolute atomic E-state index is 0.414. The number of aromatic amines is 1. The zero-order chi connectivity index (χ0) is 42.2. The molecule has 4 aromatic heterocycles. The Kier molecular flexibility index (Phi) is 12.8. The number of nitrogens with one attached hydrogen (secondary N) is 1. The summed E-state index contributed by atoms with van der Waals surface area (Å²) >= 11 is 0. The Morgan fingerprint density at radius 1 is 0.627 bits per heavy atom. The van der Waals surface area contributed by atoms with Crippen molar-refractivity contribution in [1.82, 2.24) is 60.4 Å². The summed E-state index contributed by atoms with van der Waals surface area (Å²) in [4.78, 5) is 1.39. The molecule has 0 saturated carbocycles. The molecule has 0 unspecified atom stereocenters. The summed E-state index contributed by atoms with van der Waals surface area (Å²) in [5.41, 5.74) is 4.72. The Morgan fingerprint density at radius 3 is 1.56 bits per heavy atom. The van der Waals surface area contributed by atoms with E-state index in [0.717, 1.165) is 57.6 Å². The number of tetrazole rings is 2. The lowest BCUT2D eigenvalue weighted by molar-refractivity contribution is -0.138. The highest BCUT2D eigenvalue weighted by Crippen LogP contribution is 2.31. The fourth-order valence-electron chi connectivity index (χ4n) is 5.64. The maximum absolute atomic E-state index is 12.7. The smallest absolute Gasteiger partial charge is 0.423 e. The largest absolute Gasteiger partial charge is 0.491 e. The Morgan fingerprint density at radius 2 is 1.14 bits per heavy atom. The van der Waals surface area contributed by atoms with Crippen LogP contribution in [0.1, 0.15) is 33.4 Å². The SMILES string of the molecule is Cn1cc(-n2nnc(-c3ccccc3Cc3ccc(C(F)(F)F)cc3)n2)cn1.Cn1cc(B(O)O)cn1.FC(F)(F)c1ccc(Cc2ccccc2-c2nn[nH]n2)cc1. The molecule has 0 radical (unpaired) electrons. The Hall–Kier alpha value is -7.00. The van der Waals surface area contributed by atoms with Crippen molar-refractivity contribution >= 4 is 12.6 Å². The molecule has 0 aliphatic heterocycles. The van der Waals surface area contributed by atoms with Crippen LogP contribution in [0.3, 0.4) is 0 Å². The Bertz CT molecular complexity index is 2550. The monoisotopic (exact) mass is 814 g/mol. The number of aryl methyl sites for hydroxylation is 2. The fourth-order valence-corrected chi connectivity index (χ4v) is 5.64. The third-order valence-electron chi connectivity index (χ3n) is 8.57. The molecule has 4 aromatic carbocycles. The second-order valence-corrected chi connectivity index (χ2v) is 12.9. The van der Waals surface area contributed by atoms with E-state index in [-0.39, 0.29) is 0 Å². The first-order chi connectivity index (χ1) is 28.1. The van der Waals surface area contributed by atoms with Gasteiger partial charge in [-0.3, -0.25) is 9.36 Å². The molecule has 8 rings (SSSR count). The minimum Gasteiger partial charge on any atom is -0.423 e. The summed E-state index contributed by atoms with van der Waals surface area (Å²) in [5, 5.41) is 51.3. The van der Waals surface area contributed by atoms with Gasteiger partial charge < -0.3 is 10.0 Å². The van der Waals surface area contributed by atoms with Crippen LogP contribution >= 0.6 is 0 Å². The van der Waals surface area contributed by atoms with Crippen LogP contribution in [-0.4, -0.2) is 77.6 Å². The Balaban J connectivity index is 0.000000167. The maximum atomic E-state index is 12.7. The van der Waals surface area contributed by atoms with Gasteiger partial charge in [0.2, 0.25) is 11.6 Å². The second-order valence-electron chi connectivity index (χ2n) is 12.9. The summed E-state index contributed by atoms with van der Waals surface area (Å²) in [6.45, 7) is 0. The molecule has 302 valence electrons. The van der Waals surface area contributed by atoms with Crippen LogP contribution in [0.15, 0.2) is 122 Å². The standard InChI is InChI=1S/C19H15F3N6.C15H11F3N4.C4H7BN2O2/c1-27-12-16(11-23-27)28-25-18(24-26-28)17-5-3-2-4-14(17)10-13-6-8-15(9-7-13)19(20,21)22;16-15(17,18)12-7-5-10(6-8-12)9-11-3-1-2-4-13(11)14-19-21-22-20-14;1-7-3-4(2-6-7)5(8)9/h2-9,11-12H,10H2,1H3;1-8H,9H2,(H,19,20,21,22);2-3,8-9H,1H3. The van der Waals surface area contributed by atoms with Gasteiger partial charge in [0.1, 0.15) is 5.69 Å². The predicted octanol–water partition coefficient (Wildman–Crippen LogP) is 5.25. The predicted molar refractivity (Wildman–Crippen MR) is 203 cm³/mol. The normalized spacial score (nSPS) is 11.4. The van der Waals surface area contributed by atoms with Crippen LogP contribution in [0.25, 0.3) is 28.5 Å². The number of rotatable bonds is 8. The first-order valence-electron chi connectivity index (χ1n) is 17.5. The molecule has 0 bridgehead atoms. The van der Waals surface area contributed by atoms with E-state index in [1.807, 2.05) is 48.5 Å². The first kappa shape index (κ1) is 41.6. The topological polar surface area (TPSA) is 174 Å². The first-order valence-corrected chi connectivity index (χ1v) is 17.5. The van der Waals surface area contributed by atoms with Crippen molar-refractivity contribution in [3.8, 4) is 28.5 Å². The maximum Gasteiger partial charge on any atom is 0.491 e. The highest BCUT2D eigenvalue weighted by Gasteiger charge is 2.31. The van der Waals surface area contributed by atoms with E-state index in [1.54, 1.807) is 37.4 Å².